The van der Waals surface area contributed by atoms with Crippen LogP contribution in [0.15, 0.2) is 47.4 Å². The monoisotopic (exact) mass is 461 g/mol. The van der Waals surface area contributed by atoms with E-state index in [4.69, 9.17) is 4.74 Å². The second-order valence-electron chi connectivity index (χ2n) is 8.53. The van der Waals surface area contributed by atoms with E-state index in [1.807, 2.05) is 17.8 Å². The second kappa shape index (κ2) is 7.52. The summed E-state index contributed by atoms with van der Waals surface area (Å²) in [6.07, 6.45) is 3.72. The molecule has 1 saturated carbocycles. The summed E-state index contributed by atoms with van der Waals surface area (Å²) in [5, 5.41) is 0. The molecule has 31 heavy (non-hydrogen) atoms. The van der Waals surface area contributed by atoms with Crippen molar-refractivity contribution in [2.24, 2.45) is 5.92 Å². The van der Waals surface area contributed by atoms with Crippen LogP contribution >= 0.6 is 11.8 Å². The predicted octanol–water partition coefficient (Wildman–Crippen LogP) is 4.36. The number of sulfonamides is 1. The zero-order valence-corrected chi connectivity index (χ0v) is 18.8. The summed E-state index contributed by atoms with van der Waals surface area (Å²) in [6.45, 7) is 0. The summed E-state index contributed by atoms with van der Waals surface area (Å²) in [6, 6.07) is 10.1. The van der Waals surface area contributed by atoms with E-state index in [1.165, 1.54) is 31.4 Å². The molecule has 2 heterocycles. The predicted molar refractivity (Wildman–Crippen MR) is 119 cm³/mol. The van der Waals surface area contributed by atoms with Crippen molar-refractivity contribution in [3.05, 3.63) is 59.4 Å². The SMILES string of the molecule is COC(=O)c1ccc2c(c1)C1(CCSCC1)C(C1CC1)N2S(=O)(=O)c1ccc(F)cc1. The lowest BCUT2D eigenvalue weighted by atomic mass is 9.70. The summed E-state index contributed by atoms with van der Waals surface area (Å²) in [4.78, 5) is 12.3. The summed E-state index contributed by atoms with van der Waals surface area (Å²) in [7, 11) is -2.55. The Morgan fingerprint density at radius 1 is 1.13 bits per heavy atom. The molecule has 2 aromatic rings. The van der Waals surface area contributed by atoms with Crippen molar-refractivity contribution in [1.29, 1.82) is 0 Å². The topological polar surface area (TPSA) is 63.7 Å². The van der Waals surface area contributed by atoms with Crippen LogP contribution in [0, 0.1) is 11.7 Å². The summed E-state index contributed by atoms with van der Waals surface area (Å²) < 4.78 is 47.7. The van der Waals surface area contributed by atoms with Crippen LogP contribution in [0.1, 0.15) is 41.6 Å². The molecule has 0 amide bonds. The van der Waals surface area contributed by atoms with E-state index in [2.05, 4.69) is 0 Å². The minimum absolute atomic E-state index is 0.0878. The van der Waals surface area contributed by atoms with Crippen molar-refractivity contribution in [3.63, 3.8) is 0 Å². The Kier molecular flexibility index (Phi) is 5.05. The maximum Gasteiger partial charge on any atom is 0.337 e. The van der Waals surface area contributed by atoms with Crippen molar-refractivity contribution in [2.45, 2.75) is 42.0 Å². The lowest BCUT2D eigenvalue weighted by Crippen LogP contribution is -2.50. The molecule has 0 N–H and O–H groups in total. The van der Waals surface area contributed by atoms with E-state index in [9.17, 15) is 17.6 Å². The van der Waals surface area contributed by atoms with Crippen LogP contribution in [0.3, 0.4) is 0 Å². The molecular weight excluding hydrogens is 437 g/mol. The molecule has 0 aromatic heterocycles. The maximum absolute atomic E-state index is 13.9. The average molecular weight is 462 g/mol. The van der Waals surface area contributed by atoms with E-state index < -0.39 is 21.8 Å². The number of halogens is 1. The van der Waals surface area contributed by atoms with Gasteiger partial charge in [-0.05, 0) is 91.1 Å². The Labute approximate surface area is 186 Å². The van der Waals surface area contributed by atoms with Crippen molar-refractivity contribution in [1.82, 2.24) is 0 Å². The van der Waals surface area contributed by atoms with Gasteiger partial charge in [-0.1, -0.05) is 0 Å². The second-order valence-corrected chi connectivity index (χ2v) is 11.6. The molecule has 5 nitrogen and oxygen atoms in total. The van der Waals surface area contributed by atoms with Crippen LogP contribution in [0.2, 0.25) is 0 Å². The molecule has 5 rings (SSSR count). The molecule has 1 aliphatic carbocycles. The number of ether oxygens (including phenoxy) is 1. The number of thioether (sulfide) groups is 1. The van der Waals surface area contributed by atoms with E-state index >= 15 is 0 Å². The fraction of sp³-hybridized carbons (Fsp3) is 0.435. The average Bonchev–Trinajstić information content (AvgIpc) is 3.58. The Hall–Kier alpha value is -2.06. The quantitative estimate of drug-likeness (QED) is 0.633. The van der Waals surface area contributed by atoms with Gasteiger partial charge in [-0.2, -0.15) is 11.8 Å². The molecule has 0 bridgehead atoms. The fourth-order valence-electron chi connectivity index (χ4n) is 5.26. The van der Waals surface area contributed by atoms with E-state index in [-0.39, 0.29) is 22.3 Å². The number of fused-ring (bicyclic) bond motifs is 2. The molecule has 1 atom stereocenters. The Morgan fingerprint density at radius 3 is 2.42 bits per heavy atom. The van der Waals surface area contributed by atoms with Crippen LogP contribution < -0.4 is 4.31 Å². The highest BCUT2D eigenvalue weighted by atomic mass is 32.2. The molecule has 3 aliphatic rings. The van der Waals surface area contributed by atoms with Crippen LogP contribution in [-0.4, -0.2) is 39.0 Å². The number of esters is 1. The number of rotatable bonds is 4. The van der Waals surface area contributed by atoms with Crippen molar-refractivity contribution >= 4 is 33.4 Å². The lowest BCUT2D eigenvalue weighted by molar-refractivity contribution is 0.0600. The van der Waals surface area contributed by atoms with Gasteiger partial charge in [0, 0.05) is 5.41 Å². The molecule has 1 spiro atoms. The third kappa shape index (κ3) is 3.26. The number of hydrogen-bond donors (Lipinski definition) is 0. The van der Waals surface area contributed by atoms with Crippen molar-refractivity contribution in [2.75, 3.05) is 22.9 Å². The molecule has 1 unspecified atom stereocenters. The highest BCUT2D eigenvalue weighted by Crippen LogP contribution is 2.59. The Morgan fingerprint density at radius 2 is 1.81 bits per heavy atom. The first-order valence-electron chi connectivity index (χ1n) is 10.5. The number of anilines is 1. The molecule has 2 fully saturated rings. The molecule has 164 valence electrons. The molecular formula is C23H24FNO4S2. The summed E-state index contributed by atoms with van der Waals surface area (Å²) >= 11 is 1.88. The minimum Gasteiger partial charge on any atom is -0.465 e. The number of nitrogens with zero attached hydrogens (tertiary/aromatic N) is 1. The fourth-order valence-corrected chi connectivity index (χ4v) is 8.28. The van der Waals surface area contributed by atoms with Crippen LogP contribution in [0.25, 0.3) is 0 Å². The molecule has 8 heteroatoms. The van der Waals surface area contributed by atoms with Gasteiger partial charge in [0.1, 0.15) is 5.82 Å². The number of hydrogen-bond acceptors (Lipinski definition) is 5. The first-order chi connectivity index (χ1) is 14.9. The minimum atomic E-state index is -3.89. The van der Waals surface area contributed by atoms with Crippen LogP contribution in [0.5, 0.6) is 0 Å². The lowest BCUT2D eigenvalue weighted by Gasteiger charge is -2.41. The summed E-state index contributed by atoms with van der Waals surface area (Å²) in [5.41, 5.74) is 1.69. The highest BCUT2D eigenvalue weighted by molar-refractivity contribution is 7.99. The van der Waals surface area contributed by atoms with Gasteiger partial charge in [0.05, 0.1) is 29.3 Å². The van der Waals surface area contributed by atoms with Gasteiger partial charge in [0.25, 0.3) is 10.0 Å². The van der Waals surface area contributed by atoms with Crippen molar-refractivity contribution in [3.8, 4) is 0 Å². The molecule has 1 saturated heterocycles. The van der Waals surface area contributed by atoms with Gasteiger partial charge in [-0.15, -0.1) is 0 Å². The first kappa shape index (κ1) is 20.8. The number of benzene rings is 2. The highest BCUT2D eigenvalue weighted by Gasteiger charge is 2.59. The zero-order valence-electron chi connectivity index (χ0n) is 17.2. The number of methoxy groups -OCH3 is 1. The van der Waals surface area contributed by atoms with Gasteiger partial charge in [-0.3, -0.25) is 4.31 Å². The van der Waals surface area contributed by atoms with Gasteiger partial charge >= 0.3 is 5.97 Å². The standard InChI is InChI=1S/C23H24FNO4S2/c1-29-22(26)16-4-9-20-19(14-16)23(10-12-30-13-11-23)21(15-2-3-15)25(20)31(27,28)18-7-5-17(24)6-8-18/h4-9,14-15,21H,2-3,10-13H2,1H3. The molecule has 2 aromatic carbocycles. The zero-order chi connectivity index (χ0) is 21.8. The van der Waals surface area contributed by atoms with E-state index in [0.717, 1.165) is 42.8 Å². The first-order valence-corrected chi connectivity index (χ1v) is 13.1. The van der Waals surface area contributed by atoms with Gasteiger partial charge in [-0.25, -0.2) is 17.6 Å². The Bertz CT molecular complexity index is 1120. The third-order valence-electron chi connectivity index (χ3n) is 6.83. The largest absolute Gasteiger partial charge is 0.465 e. The van der Waals surface area contributed by atoms with Crippen molar-refractivity contribution < 1.29 is 22.3 Å². The third-order valence-corrected chi connectivity index (χ3v) is 9.63. The van der Waals surface area contributed by atoms with E-state index in [1.54, 1.807) is 16.4 Å². The van der Waals surface area contributed by atoms with E-state index in [0.29, 0.717) is 11.3 Å². The van der Waals surface area contributed by atoms with Gasteiger partial charge < -0.3 is 4.74 Å². The Balaban J connectivity index is 1.72. The molecule has 0 radical (unpaired) electrons. The normalized spacial score (nSPS) is 22.4. The molecule has 2 aliphatic heterocycles. The number of carbonyl (C=O) groups is 1. The van der Waals surface area contributed by atoms with Crippen LogP contribution in [-0.2, 0) is 20.2 Å². The summed E-state index contributed by atoms with van der Waals surface area (Å²) in [5.74, 6) is 1.30. The van der Waals surface area contributed by atoms with Gasteiger partial charge in [0.2, 0.25) is 0 Å². The maximum atomic E-state index is 13.9. The number of carbonyl (C=O) groups excluding carboxylic acids is 1. The van der Waals surface area contributed by atoms with Crippen LogP contribution in [0.4, 0.5) is 10.1 Å². The van der Waals surface area contributed by atoms with Gasteiger partial charge in [0.15, 0.2) is 0 Å². The smallest absolute Gasteiger partial charge is 0.337 e.